The van der Waals surface area contributed by atoms with Crippen molar-refractivity contribution in [2.45, 2.75) is 32.7 Å². The second-order valence-electron chi connectivity index (χ2n) is 4.45. The Morgan fingerprint density at radius 2 is 2.20 bits per heavy atom. The summed E-state index contributed by atoms with van der Waals surface area (Å²) in [6, 6.07) is 1.74. The minimum atomic E-state index is -0.317. The molecule has 0 radical (unpaired) electrons. The third-order valence-corrected chi connectivity index (χ3v) is 2.88. The Labute approximate surface area is 118 Å². The molecule has 0 aliphatic rings. The average Bonchev–Trinajstić information content (AvgIpc) is 2.46. The molecule has 1 atom stereocenters. The van der Waals surface area contributed by atoms with Gasteiger partial charge in [0, 0.05) is 31.4 Å². The van der Waals surface area contributed by atoms with Gasteiger partial charge in [0.05, 0.1) is 11.3 Å². The SMILES string of the molecule is CCC(C)NC(=O)CCNC(=O)c1cnccc1NN. The third kappa shape index (κ3) is 4.85. The Bertz CT molecular complexity index is 464. The molecule has 0 bridgehead atoms. The van der Waals surface area contributed by atoms with E-state index in [-0.39, 0.29) is 30.8 Å². The van der Waals surface area contributed by atoms with Crippen molar-refractivity contribution in [2.24, 2.45) is 5.84 Å². The fourth-order valence-corrected chi connectivity index (χ4v) is 1.54. The molecule has 0 spiro atoms. The van der Waals surface area contributed by atoms with E-state index in [1.807, 2.05) is 13.8 Å². The Kier molecular flexibility index (Phi) is 6.45. The van der Waals surface area contributed by atoms with Crippen molar-refractivity contribution in [1.29, 1.82) is 0 Å². The van der Waals surface area contributed by atoms with Gasteiger partial charge in [0.2, 0.25) is 5.91 Å². The number of carbonyl (C=O) groups is 2. The van der Waals surface area contributed by atoms with Crippen LogP contribution in [0.2, 0.25) is 0 Å². The normalized spacial score (nSPS) is 11.6. The highest BCUT2D eigenvalue weighted by Gasteiger charge is 2.11. The standard InChI is InChI=1S/C13H21N5O2/c1-3-9(2)17-12(19)5-7-16-13(20)10-8-15-6-4-11(10)18-14/h4,6,8-9H,3,5,7,14H2,1-2H3,(H,15,18)(H,16,20)(H,17,19). The predicted octanol–water partition coefficient (Wildman–Crippen LogP) is 0.402. The number of nitrogens with one attached hydrogen (secondary N) is 3. The third-order valence-electron chi connectivity index (χ3n) is 2.88. The molecule has 0 aliphatic heterocycles. The lowest BCUT2D eigenvalue weighted by atomic mass is 10.2. The van der Waals surface area contributed by atoms with Crippen molar-refractivity contribution in [3.63, 3.8) is 0 Å². The highest BCUT2D eigenvalue weighted by molar-refractivity contribution is 5.99. The minimum Gasteiger partial charge on any atom is -0.354 e. The first-order valence-electron chi connectivity index (χ1n) is 6.56. The van der Waals surface area contributed by atoms with Gasteiger partial charge in [-0.05, 0) is 19.4 Å². The zero-order valence-electron chi connectivity index (χ0n) is 11.8. The maximum absolute atomic E-state index is 11.9. The molecule has 7 nitrogen and oxygen atoms in total. The first-order chi connectivity index (χ1) is 9.58. The molecule has 0 fully saturated rings. The van der Waals surface area contributed by atoms with Crippen molar-refractivity contribution >= 4 is 17.5 Å². The van der Waals surface area contributed by atoms with Crippen LogP contribution in [-0.4, -0.2) is 29.4 Å². The lowest BCUT2D eigenvalue weighted by molar-refractivity contribution is -0.121. The van der Waals surface area contributed by atoms with Crippen molar-refractivity contribution in [3.05, 3.63) is 24.0 Å². The number of nitrogen functional groups attached to an aromatic ring is 1. The molecule has 20 heavy (non-hydrogen) atoms. The number of amides is 2. The van der Waals surface area contributed by atoms with Gasteiger partial charge in [0.25, 0.3) is 5.91 Å². The second kappa shape index (κ2) is 8.11. The number of hydrogen-bond acceptors (Lipinski definition) is 5. The van der Waals surface area contributed by atoms with E-state index in [4.69, 9.17) is 5.84 Å². The van der Waals surface area contributed by atoms with Gasteiger partial charge in [0.15, 0.2) is 0 Å². The molecule has 0 saturated heterocycles. The van der Waals surface area contributed by atoms with Gasteiger partial charge < -0.3 is 16.1 Å². The molecule has 2 amide bonds. The number of hydrogen-bond donors (Lipinski definition) is 4. The summed E-state index contributed by atoms with van der Waals surface area (Å²) in [6.07, 6.45) is 4.07. The van der Waals surface area contributed by atoms with Crippen LogP contribution < -0.4 is 21.9 Å². The van der Waals surface area contributed by atoms with Gasteiger partial charge >= 0.3 is 0 Å². The lowest BCUT2D eigenvalue weighted by Gasteiger charge is -2.12. The molecule has 0 aromatic carbocycles. The highest BCUT2D eigenvalue weighted by atomic mass is 16.2. The molecule has 5 N–H and O–H groups in total. The number of nitrogens with zero attached hydrogens (tertiary/aromatic N) is 1. The summed E-state index contributed by atoms with van der Waals surface area (Å²) in [5.41, 5.74) is 3.26. The molecule has 110 valence electrons. The van der Waals surface area contributed by atoms with Crippen molar-refractivity contribution < 1.29 is 9.59 Å². The van der Waals surface area contributed by atoms with Crippen LogP contribution in [0, 0.1) is 0 Å². The van der Waals surface area contributed by atoms with Crippen LogP contribution in [0.5, 0.6) is 0 Å². The summed E-state index contributed by atoms with van der Waals surface area (Å²) >= 11 is 0. The smallest absolute Gasteiger partial charge is 0.255 e. The summed E-state index contributed by atoms with van der Waals surface area (Å²) in [7, 11) is 0. The number of carbonyl (C=O) groups excluding carboxylic acids is 2. The average molecular weight is 279 g/mol. The number of anilines is 1. The quantitative estimate of drug-likeness (QED) is 0.427. The van der Waals surface area contributed by atoms with E-state index in [0.29, 0.717) is 11.3 Å². The molecular weight excluding hydrogens is 258 g/mol. The van der Waals surface area contributed by atoms with Crippen LogP contribution in [0.1, 0.15) is 37.0 Å². The van der Waals surface area contributed by atoms with Crippen molar-refractivity contribution in [1.82, 2.24) is 15.6 Å². The number of aromatic nitrogens is 1. The van der Waals surface area contributed by atoms with Crippen LogP contribution in [0.15, 0.2) is 18.5 Å². The maximum atomic E-state index is 11.9. The summed E-state index contributed by atoms with van der Waals surface area (Å²) in [5.74, 6) is 4.92. The van der Waals surface area contributed by atoms with Gasteiger partial charge in [-0.1, -0.05) is 6.92 Å². The highest BCUT2D eigenvalue weighted by Crippen LogP contribution is 2.11. The molecule has 1 aromatic heterocycles. The van der Waals surface area contributed by atoms with Gasteiger partial charge in [-0.3, -0.25) is 20.4 Å². The Morgan fingerprint density at radius 1 is 1.45 bits per heavy atom. The largest absolute Gasteiger partial charge is 0.354 e. The van der Waals surface area contributed by atoms with Crippen LogP contribution >= 0.6 is 0 Å². The Balaban J connectivity index is 2.42. The first-order valence-corrected chi connectivity index (χ1v) is 6.56. The summed E-state index contributed by atoms with van der Waals surface area (Å²) < 4.78 is 0. The van der Waals surface area contributed by atoms with Gasteiger partial charge in [-0.15, -0.1) is 0 Å². The van der Waals surface area contributed by atoms with Crippen molar-refractivity contribution in [2.75, 3.05) is 12.0 Å². The van der Waals surface area contributed by atoms with E-state index in [0.717, 1.165) is 6.42 Å². The minimum absolute atomic E-state index is 0.0805. The van der Waals surface area contributed by atoms with Gasteiger partial charge in [-0.2, -0.15) is 0 Å². The Morgan fingerprint density at radius 3 is 2.85 bits per heavy atom. The molecule has 1 heterocycles. The topological polar surface area (TPSA) is 109 Å². The van der Waals surface area contributed by atoms with Crippen molar-refractivity contribution in [3.8, 4) is 0 Å². The molecular formula is C13H21N5O2. The summed E-state index contributed by atoms with van der Waals surface area (Å²) in [5, 5.41) is 5.49. The number of rotatable bonds is 7. The molecule has 1 aromatic rings. The molecule has 0 saturated carbocycles. The van der Waals surface area contributed by atoms with E-state index in [1.54, 1.807) is 6.07 Å². The maximum Gasteiger partial charge on any atom is 0.255 e. The zero-order valence-corrected chi connectivity index (χ0v) is 11.8. The molecule has 7 heteroatoms. The fraction of sp³-hybridized carbons (Fsp3) is 0.462. The second-order valence-corrected chi connectivity index (χ2v) is 4.45. The van der Waals surface area contributed by atoms with Gasteiger partial charge in [-0.25, -0.2) is 0 Å². The number of hydrazine groups is 1. The zero-order chi connectivity index (χ0) is 15.0. The number of pyridine rings is 1. The molecule has 1 unspecified atom stereocenters. The van der Waals surface area contributed by atoms with E-state index in [1.165, 1.54) is 12.4 Å². The first kappa shape index (κ1) is 15.9. The van der Waals surface area contributed by atoms with Crippen LogP contribution in [0.3, 0.4) is 0 Å². The monoisotopic (exact) mass is 279 g/mol. The van der Waals surface area contributed by atoms with Gasteiger partial charge in [0.1, 0.15) is 0 Å². The number of nitrogens with two attached hydrogens (primary N) is 1. The Hall–Kier alpha value is -2.15. The summed E-state index contributed by atoms with van der Waals surface area (Å²) in [4.78, 5) is 27.3. The van der Waals surface area contributed by atoms with E-state index in [2.05, 4.69) is 21.0 Å². The fourth-order valence-electron chi connectivity index (χ4n) is 1.54. The van der Waals surface area contributed by atoms with Crippen LogP contribution in [0.25, 0.3) is 0 Å². The van der Waals surface area contributed by atoms with E-state index in [9.17, 15) is 9.59 Å². The van der Waals surface area contributed by atoms with E-state index >= 15 is 0 Å². The predicted molar refractivity (Wildman–Crippen MR) is 76.9 cm³/mol. The lowest BCUT2D eigenvalue weighted by Crippen LogP contribution is -2.35. The van der Waals surface area contributed by atoms with Crippen LogP contribution in [0.4, 0.5) is 5.69 Å². The molecule has 1 rings (SSSR count). The summed E-state index contributed by atoms with van der Waals surface area (Å²) in [6.45, 7) is 4.20. The van der Waals surface area contributed by atoms with Crippen LogP contribution in [-0.2, 0) is 4.79 Å². The van der Waals surface area contributed by atoms with E-state index < -0.39 is 0 Å². The molecule has 0 aliphatic carbocycles.